The summed E-state index contributed by atoms with van der Waals surface area (Å²) in [6.07, 6.45) is 0. The van der Waals surface area contributed by atoms with Gasteiger partial charge in [0.25, 0.3) is 0 Å². The van der Waals surface area contributed by atoms with E-state index in [9.17, 15) is 8.42 Å². The van der Waals surface area contributed by atoms with Gasteiger partial charge in [0.1, 0.15) is 0 Å². The van der Waals surface area contributed by atoms with Gasteiger partial charge in [-0.05, 0) is 45.9 Å². The van der Waals surface area contributed by atoms with E-state index in [0.717, 1.165) is 5.56 Å². The normalized spacial score (nSPS) is 11.7. The van der Waals surface area contributed by atoms with E-state index < -0.39 is 15.1 Å². The number of rotatable bonds is 7. The Bertz CT molecular complexity index is 1090. The molecule has 0 aliphatic carbocycles. The summed E-state index contributed by atoms with van der Waals surface area (Å²) in [5.41, 5.74) is 1.45. The van der Waals surface area contributed by atoms with Gasteiger partial charge in [0.05, 0.1) is 10.1 Å². The lowest BCUT2D eigenvalue weighted by molar-refractivity contribution is 0.587. The van der Waals surface area contributed by atoms with Crippen molar-refractivity contribution in [3.8, 4) is 11.4 Å². The zero-order valence-electron chi connectivity index (χ0n) is 16.9. The Balaban J connectivity index is 0.00000240. The molecular weight excluding hydrogens is 386 g/mol. The van der Waals surface area contributed by atoms with Gasteiger partial charge in [-0.2, -0.15) is 15.0 Å². The van der Waals surface area contributed by atoms with E-state index in [0.29, 0.717) is 23.4 Å². The standard InChI is InChI=1S/C21H25N5O2S.2H2/c1-14(2)22-20-24-19(16-9-6-5-7-10-16)25-21(26-20)23-17-11-8-12-18(13-17)29(27,28)15(3)4;;/h5-15H,1-4H3,(H2,22,23,24,25,26);2*1H. The highest BCUT2D eigenvalue weighted by molar-refractivity contribution is 7.92. The van der Waals surface area contributed by atoms with Crippen LogP contribution in [0.3, 0.4) is 0 Å². The van der Waals surface area contributed by atoms with Gasteiger partial charge >= 0.3 is 0 Å². The fraction of sp³-hybridized carbons (Fsp3) is 0.286. The highest BCUT2D eigenvalue weighted by Gasteiger charge is 2.19. The molecule has 1 heterocycles. The molecule has 0 radical (unpaired) electrons. The van der Waals surface area contributed by atoms with Crippen LogP contribution >= 0.6 is 0 Å². The zero-order valence-corrected chi connectivity index (χ0v) is 17.7. The second-order valence-electron chi connectivity index (χ2n) is 7.22. The molecule has 0 fully saturated rings. The smallest absolute Gasteiger partial charge is 0.232 e. The maximum absolute atomic E-state index is 12.5. The molecule has 29 heavy (non-hydrogen) atoms. The number of hydrogen-bond acceptors (Lipinski definition) is 7. The highest BCUT2D eigenvalue weighted by Crippen LogP contribution is 2.23. The molecular formula is C21H29N5O2S. The molecule has 0 spiro atoms. The fourth-order valence-corrected chi connectivity index (χ4v) is 3.73. The predicted octanol–water partition coefficient (Wildman–Crippen LogP) is 4.78. The third-order valence-corrected chi connectivity index (χ3v) is 6.28. The third kappa shape index (κ3) is 5.08. The predicted molar refractivity (Wildman–Crippen MR) is 120 cm³/mol. The van der Waals surface area contributed by atoms with Gasteiger partial charge in [0, 0.05) is 20.1 Å². The summed E-state index contributed by atoms with van der Waals surface area (Å²) in [5.74, 6) is 1.31. The number of nitrogens with zero attached hydrogens (tertiary/aromatic N) is 3. The maximum atomic E-state index is 12.5. The number of hydrogen-bond donors (Lipinski definition) is 2. The molecule has 2 aromatic carbocycles. The van der Waals surface area contributed by atoms with E-state index in [-0.39, 0.29) is 13.8 Å². The van der Waals surface area contributed by atoms with Crippen molar-refractivity contribution in [2.45, 2.75) is 43.9 Å². The molecule has 0 aliphatic rings. The van der Waals surface area contributed by atoms with Crippen LogP contribution in [0.2, 0.25) is 0 Å². The Labute approximate surface area is 174 Å². The summed E-state index contributed by atoms with van der Waals surface area (Å²) in [4.78, 5) is 13.7. The van der Waals surface area contributed by atoms with Gasteiger partial charge in [-0.3, -0.25) is 0 Å². The van der Waals surface area contributed by atoms with Gasteiger partial charge in [-0.15, -0.1) is 0 Å². The molecule has 0 atom stereocenters. The Morgan fingerprint density at radius 2 is 1.55 bits per heavy atom. The Hall–Kier alpha value is -3.00. The van der Waals surface area contributed by atoms with Gasteiger partial charge < -0.3 is 10.6 Å². The van der Waals surface area contributed by atoms with E-state index in [4.69, 9.17) is 0 Å². The van der Waals surface area contributed by atoms with Crippen LogP contribution in [0.4, 0.5) is 17.6 Å². The molecule has 3 aromatic rings. The van der Waals surface area contributed by atoms with Crippen molar-refractivity contribution < 1.29 is 11.3 Å². The molecule has 0 saturated carbocycles. The minimum Gasteiger partial charge on any atom is -0.352 e. The molecule has 3 rings (SSSR count). The lowest BCUT2D eigenvalue weighted by Crippen LogP contribution is -2.15. The first kappa shape index (κ1) is 20.7. The molecule has 8 heteroatoms. The van der Waals surface area contributed by atoms with Crippen LogP contribution in [0.25, 0.3) is 11.4 Å². The average Bonchev–Trinajstić information content (AvgIpc) is 2.68. The van der Waals surface area contributed by atoms with Crippen molar-refractivity contribution in [2.75, 3.05) is 10.6 Å². The molecule has 0 bridgehead atoms. The summed E-state index contributed by atoms with van der Waals surface area (Å²) in [7, 11) is -3.37. The van der Waals surface area contributed by atoms with E-state index in [1.165, 1.54) is 0 Å². The number of anilines is 3. The number of sulfone groups is 1. The van der Waals surface area contributed by atoms with Gasteiger partial charge in [-0.25, -0.2) is 8.42 Å². The van der Waals surface area contributed by atoms with Crippen LogP contribution in [-0.4, -0.2) is 34.7 Å². The summed E-state index contributed by atoms with van der Waals surface area (Å²) in [6, 6.07) is 16.4. The molecule has 2 N–H and O–H groups in total. The van der Waals surface area contributed by atoms with Gasteiger partial charge in [0.2, 0.25) is 11.9 Å². The second-order valence-corrected chi connectivity index (χ2v) is 9.72. The lowest BCUT2D eigenvalue weighted by Gasteiger charge is -2.13. The van der Waals surface area contributed by atoms with Crippen LogP contribution in [-0.2, 0) is 9.84 Å². The van der Waals surface area contributed by atoms with E-state index >= 15 is 0 Å². The first-order valence-corrected chi connectivity index (χ1v) is 11.0. The van der Waals surface area contributed by atoms with Crippen molar-refractivity contribution >= 4 is 27.4 Å². The lowest BCUT2D eigenvalue weighted by atomic mass is 10.2. The zero-order chi connectivity index (χ0) is 21.0. The van der Waals surface area contributed by atoms with Crippen LogP contribution < -0.4 is 10.6 Å². The highest BCUT2D eigenvalue weighted by atomic mass is 32.2. The first-order valence-electron chi connectivity index (χ1n) is 9.44. The summed E-state index contributed by atoms with van der Waals surface area (Å²) in [5, 5.41) is 5.81. The van der Waals surface area contributed by atoms with Crippen molar-refractivity contribution in [2.24, 2.45) is 0 Å². The number of aromatic nitrogens is 3. The summed E-state index contributed by atoms with van der Waals surface area (Å²) < 4.78 is 24.9. The van der Waals surface area contributed by atoms with Gasteiger partial charge in [0.15, 0.2) is 15.7 Å². The van der Waals surface area contributed by atoms with Gasteiger partial charge in [-0.1, -0.05) is 36.4 Å². The molecule has 0 amide bonds. The number of nitrogens with one attached hydrogen (secondary N) is 2. The van der Waals surface area contributed by atoms with Crippen LogP contribution in [0.15, 0.2) is 59.5 Å². The first-order chi connectivity index (χ1) is 13.8. The topological polar surface area (TPSA) is 96.9 Å². The SMILES string of the molecule is CC(C)Nc1nc(Nc2cccc(S(=O)(=O)C(C)C)c2)nc(-c2ccccc2)n1.[HH].[HH]. The Morgan fingerprint density at radius 1 is 0.862 bits per heavy atom. The van der Waals surface area contributed by atoms with Crippen LogP contribution in [0.1, 0.15) is 30.5 Å². The monoisotopic (exact) mass is 415 g/mol. The fourth-order valence-electron chi connectivity index (χ4n) is 2.62. The van der Waals surface area contributed by atoms with E-state index in [2.05, 4.69) is 25.6 Å². The molecule has 0 saturated heterocycles. The van der Waals surface area contributed by atoms with Crippen molar-refractivity contribution in [1.82, 2.24) is 15.0 Å². The summed E-state index contributed by atoms with van der Waals surface area (Å²) in [6.45, 7) is 7.33. The largest absolute Gasteiger partial charge is 0.352 e. The van der Waals surface area contributed by atoms with Crippen molar-refractivity contribution in [1.29, 1.82) is 0 Å². The van der Waals surface area contributed by atoms with Crippen molar-refractivity contribution in [3.05, 3.63) is 54.6 Å². The molecule has 1 aromatic heterocycles. The Kier molecular flexibility index (Phi) is 6.12. The quantitative estimate of drug-likeness (QED) is 0.573. The van der Waals surface area contributed by atoms with Crippen molar-refractivity contribution in [3.63, 3.8) is 0 Å². The summed E-state index contributed by atoms with van der Waals surface area (Å²) >= 11 is 0. The molecule has 0 unspecified atom stereocenters. The van der Waals surface area contributed by atoms with E-state index in [1.54, 1.807) is 38.1 Å². The third-order valence-electron chi connectivity index (χ3n) is 4.12. The minimum atomic E-state index is -3.37. The van der Waals surface area contributed by atoms with Crippen LogP contribution in [0.5, 0.6) is 0 Å². The average molecular weight is 416 g/mol. The Morgan fingerprint density at radius 3 is 2.21 bits per heavy atom. The van der Waals surface area contributed by atoms with E-state index in [1.807, 2.05) is 44.2 Å². The number of benzene rings is 2. The molecule has 156 valence electrons. The maximum Gasteiger partial charge on any atom is 0.232 e. The van der Waals surface area contributed by atoms with Crippen LogP contribution in [0, 0.1) is 0 Å². The molecule has 0 aliphatic heterocycles. The molecule has 7 nitrogen and oxygen atoms in total. The minimum absolute atomic E-state index is 0. The second kappa shape index (κ2) is 8.57.